The summed E-state index contributed by atoms with van der Waals surface area (Å²) in [4.78, 5) is 33.9. The summed E-state index contributed by atoms with van der Waals surface area (Å²) in [5.41, 5.74) is 0.680. The molecule has 0 saturated carbocycles. The average Bonchev–Trinajstić information content (AvgIpc) is 2.53. The molecule has 0 heterocycles. The van der Waals surface area contributed by atoms with Crippen molar-refractivity contribution in [3.63, 3.8) is 0 Å². The van der Waals surface area contributed by atoms with Gasteiger partial charge in [0, 0.05) is 30.2 Å². The van der Waals surface area contributed by atoms with E-state index in [-0.39, 0.29) is 11.5 Å². The van der Waals surface area contributed by atoms with Crippen molar-refractivity contribution >= 4 is 17.4 Å². The third-order valence-corrected chi connectivity index (χ3v) is 2.99. The van der Waals surface area contributed by atoms with Crippen LogP contribution < -0.4 is 0 Å². The molecule has 0 N–H and O–H groups in total. The van der Waals surface area contributed by atoms with Crippen molar-refractivity contribution in [1.82, 2.24) is 0 Å². The number of nitro groups is 1. The predicted molar refractivity (Wildman–Crippen MR) is 78.4 cm³/mol. The normalized spacial score (nSPS) is 11.5. The van der Waals surface area contributed by atoms with Gasteiger partial charge in [-0.2, -0.15) is 0 Å². The van der Waals surface area contributed by atoms with Gasteiger partial charge in [0.25, 0.3) is 5.69 Å². The molecular formula is C16H13NO5. The van der Waals surface area contributed by atoms with Gasteiger partial charge < -0.3 is 4.74 Å². The molecule has 112 valence electrons. The van der Waals surface area contributed by atoms with E-state index in [1.54, 1.807) is 30.3 Å². The van der Waals surface area contributed by atoms with Crippen molar-refractivity contribution in [1.29, 1.82) is 0 Å². The number of non-ortho nitro benzene ring substituents is 1. The van der Waals surface area contributed by atoms with Gasteiger partial charge in [0.15, 0.2) is 6.10 Å². The number of carbonyl (C=O) groups excluding carboxylic acids is 2. The number of ketones is 1. The second-order valence-corrected chi connectivity index (χ2v) is 4.57. The van der Waals surface area contributed by atoms with Crippen LogP contribution in [-0.2, 0) is 9.53 Å². The van der Waals surface area contributed by atoms with E-state index in [0.29, 0.717) is 11.1 Å². The Morgan fingerprint density at radius 1 is 1.05 bits per heavy atom. The van der Waals surface area contributed by atoms with Gasteiger partial charge in [0.2, 0.25) is 5.78 Å². The lowest BCUT2D eigenvalue weighted by molar-refractivity contribution is -0.384. The van der Waals surface area contributed by atoms with Gasteiger partial charge >= 0.3 is 5.97 Å². The Morgan fingerprint density at radius 2 is 1.64 bits per heavy atom. The zero-order chi connectivity index (χ0) is 16.1. The molecule has 0 fully saturated rings. The lowest BCUT2D eigenvalue weighted by atomic mass is 9.99. The molecule has 6 nitrogen and oxygen atoms in total. The van der Waals surface area contributed by atoms with E-state index in [9.17, 15) is 19.7 Å². The van der Waals surface area contributed by atoms with Gasteiger partial charge in [0.1, 0.15) is 0 Å². The molecule has 22 heavy (non-hydrogen) atoms. The van der Waals surface area contributed by atoms with Crippen LogP contribution in [0.2, 0.25) is 0 Å². The molecule has 0 amide bonds. The Kier molecular flexibility index (Phi) is 4.63. The van der Waals surface area contributed by atoms with Crippen molar-refractivity contribution in [3.05, 3.63) is 75.8 Å². The fourth-order valence-corrected chi connectivity index (χ4v) is 1.96. The number of esters is 1. The van der Waals surface area contributed by atoms with Crippen LogP contribution in [0.5, 0.6) is 0 Å². The first-order valence-corrected chi connectivity index (χ1v) is 6.50. The van der Waals surface area contributed by atoms with Gasteiger partial charge in [-0.3, -0.25) is 19.7 Å². The molecule has 0 aliphatic carbocycles. The van der Waals surface area contributed by atoms with Crippen molar-refractivity contribution in [3.8, 4) is 0 Å². The summed E-state index contributed by atoms with van der Waals surface area (Å²) in [6.45, 7) is 1.21. The number of rotatable bonds is 5. The highest BCUT2D eigenvalue weighted by molar-refractivity contribution is 6.00. The molecule has 2 rings (SSSR count). The number of nitrogens with zero attached hydrogens (tertiary/aromatic N) is 1. The maximum Gasteiger partial charge on any atom is 0.303 e. The van der Waals surface area contributed by atoms with Crippen LogP contribution in [-0.4, -0.2) is 16.7 Å². The van der Waals surface area contributed by atoms with Gasteiger partial charge in [-0.15, -0.1) is 0 Å². The number of hydrogen-bond acceptors (Lipinski definition) is 5. The maximum atomic E-state index is 12.5. The lowest BCUT2D eigenvalue weighted by Crippen LogP contribution is -2.18. The zero-order valence-corrected chi connectivity index (χ0v) is 11.8. The summed E-state index contributed by atoms with van der Waals surface area (Å²) in [5.74, 6) is -0.989. The fraction of sp³-hybridized carbons (Fsp3) is 0.125. The van der Waals surface area contributed by atoms with Gasteiger partial charge in [-0.25, -0.2) is 0 Å². The minimum absolute atomic E-state index is 0.0996. The van der Waals surface area contributed by atoms with Crippen molar-refractivity contribution in [2.75, 3.05) is 0 Å². The SMILES string of the molecule is CC(=O)O[C@@H](C(=O)c1ccccc1)c1ccc([N+](=O)[O-])cc1. The summed E-state index contributed by atoms with van der Waals surface area (Å²) in [5, 5.41) is 10.7. The van der Waals surface area contributed by atoms with E-state index >= 15 is 0 Å². The van der Waals surface area contributed by atoms with Crippen molar-refractivity contribution in [2.24, 2.45) is 0 Å². The van der Waals surface area contributed by atoms with Crippen LogP contribution in [0.4, 0.5) is 5.69 Å². The highest BCUT2D eigenvalue weighted by atomic mass is 16.6. The summed E-state index contributed by atoms with van der Waals surface area (Å²) < 4.78 is 5.09. The average molecular weight is 299 g/mol. The Balaban J connectivity index is 2.35. The first-order valence-electron chi connectivity index (χ1n) is 6.50. The Hall–Kier alpha value is -3.02. The third-order valence-electron chi connectivity index (χ3n) is 2.99. The highest BCUT2D eigenvalue weighted by Gasteiger charge is 2.25. The molecule has 6 heteroatoms. The molecular weight excluding hydrogens is 286 g/mol. The van der Waals surface area contributed by atoms with E-state index in [1.165, 1.54) is 31.2 Å². The molecule has 1 atom stereocenters. The largest absolute Gasteiger partial charge is 0.449 e. The van der Waals surface area contributed by atoms with Crippen LogP contribution in [0, 0.1) is 10.1 Å². The Labute approximate surface area is 126 Å². The monoisotopic (exact) mass is 299 g/mol. The molecule has 0 bridgehead atoms. The quantitative estimate of drug-likeness (QED) is 0.366. The Morgan fingerprint density at radius 3 is 2.14 bits per heavy atom. The van der Waals surface area contributed by atoms with Crippen LogP contribution in [0.15, 0.2) is 54.6 Å². The molecule has 0 aliphatic heterocycles. The maximum absolute atomic E-state index is 12.5. The van der Waals surface area contributed by atoms with Gasteiger partial charge in [-0.05, 0) is 12.1 Å². The second kappa shape index (κ2) is 6.62. The van der Waals surface area contributed by atoms with Crippen LogP contribution in [0.25, 0.3) is 0 Å². The topological polar surface area (TPSA) is 86.5 Å². The predicted octanol–water partition coefficient (Wildman–Crippen LogP) is 3.08. The number of carbonyl (C=O) groups is 2. The molecule has 0 spiro atoms. The van der Waals surface area contributed by atoms with Gasteiger partial charge in [0.05, 0.1) is 4.92 Å². The number of Topliss-reactive ketones (excluding diaryl/α,β-unsaturated/α-hetero) is 1. The van der Waals surface area contributed by atoms with E-state index in [4.69, 9.17) is 4.74 Å². The second-order valence-electron chi connectivity index (χ2n) is 4.57. The molecule has 2 aromatic rings. The summed E-state index contributed by atoms with van der Waals surface area (Å²) >= 11 is 0. The first-order chi connectivity index (χ1) is 10.5. The van der Waals surface area contributed by atoms with Gasteiger partial charge in [-0.1, -0.05) is 30.3 Å². The Bertz CT molecular complexity index is 694. The molecule has 2 aromatic carbocycles. The molecule has 0 aliphatic rings. The lowest BCUT2D eigenvalue weighted by Gasteiger charge is -2.16. The summed E-state index contributed by atoms with van der Waals surface area (Å²) in [7, 11) is 0. The van der Waals surface area contributed by atoms with Crippen molar-refractivity contribution < 1.29 is 19.2 Å². The van der Waals surface area contributed by atoms with Crippen LogP contribution >= 0.6 is 0 Å². The van der Waals surface area contributed by atoms with Crippen molar-refractivity contribution in [2.45, 2.75) is 13.0 Å². The first kappa shape index (κ1) is 15.4. The molecule has 0 aromatic heterocycles. The third kappa shape index (κ3) is 3.54. The van der Waals surface area contributed by atoms with E-state index in [2.05, 4.69) is 0 Å². The molecule has 0 radical (unpaired) electrons. The number of nitro benzene ring substituents is 1. The van der Waals surface area contributed by atoms with Crippen LogP contribution in [0.3, 0.4) is 0 Å². The molecule has 0 unspecified atom stereocenters. The number of hydrogen-bond donors (Lipinski definition) is 0. The van der Waals surface area contributed by atoms with E-state index in [0.717, 1.165) is 0 Å². The fourth-order valence-electron chi connectivity index (χ4n) is 1.96. The minimum atomic E-state index is -1.12. The summed E-state index contributed by atoms with van der Waals surface area (Å²) in [6, 6.07) is 13.8. The standard InChI is InChI=1S/C16H13NO5/c1-11(18)22-16(15(19)12-5-3-2-4-6-12)13-7-9-14(10-8-13)17(20)21/h2-10,16H,1H3/t16-/m1/s1. The smallest absolute Gasteiger partial charge is 0.303 e. The zero-order valence-electron chi connectivity index (χ0n) is 11.8. The minimum Gasteiger partial charge on any atom is -0.449 e. The molecule has 0 saturated heterocycles. The van der Waals surface area contributed by atoms with E-state index < -0.39 is 17.0 Å². The summed E-state index contributed by atoms with van der Waals surface area (Å²) in [6.07, 6.45) is -1.12. The van der Waals surface area contributed by atoms with E-state index in [1.807, 2.05) is 0 Å². The van der Waals surface area contributed by atoms with Crippen LogP contribution in [0.1, 0.15) is 28.9 Å². The number of ether oxygens (including phenoxy) is 1. The highest BCUT2D eigenvalue weighted by Crippen LogP contribution is 2.24. The number of benzene rings is 2.